The van der Waals surface area contributed by atoms with Gasteiger partial charge in [0.1, 0.15) is 0 Å². The van der Waals surface area contributed by atoms with Crippen LogP contribution >= 0.6 is 11.8 Å². The van der Waals surface area contributed by atoms with Crippen molar-refractivity contribution in [3.8, 4) is 0 Å². The molecule has 0 aliphatic heterocycles. The van der Waals surface area contributed by atoms with Crippen molar-refractivity contribution in [1.29, 1.82) is 0 Å². The van der Waals surface area contributed by atoms with Crippen LogP contribution in [0.2, 0.25) is 0 Å². The molecular formula is C16H15NO3S. The Bertz CT molecular complexity index is 698. The first-order valence-electron chi connectivity index (χ1n) is 6.31. The number of thioether (sulfide) groups is 1. The molecule has 21 heavy (non-hydrogen) atoms. The number of aromatic carboxylic acids is 1. The zero-order valence-electron chi connectivity index (χ0n) is 11.7. The van der Waals surface area contributed by atoms with Crippen molar-refractivity contribution in [2.45, 2.75) is 11.8 Å². The fourth-order valence-electron chi connectivity index (χ4n) is 1.97. The molecule has 108 valence electrons. The number of nitrogens with one attached hydrogen (secondary N) is 1. The maximum Gasteiger partial charge on any atom is 0.337 e. The van der Waals surface area contributed by atoms with Gasteiger partial charge in [-0.25, -0.2) is 4.79 Å². The second kappa shape index (κ2) is 6.45. The minimum atomic E-state index is -1.06. The Labute approximate surface area is 127 Å². The molecule has 2 aromatic rings. The zero-order chi connectivity index (χ0) is 15.4. The van der Waals surface area contributed by atoms with Crippen LogP contribution in [0.15, 0.2) is 47.4 Å². The Morgan fingerprint density at radius 2 is 1.81 bits per heavy atom. The normalized spacial score (nSPS) is 10.2. The molecule has 4 nitrogen and oxygen atoms in total. The number of carbonyl (C=O) groups excluding carboxylic acids is 1. The summed E-state index contributed by atoms with van der Waals surface area (Å²) in [5.41, 5.74) is 1.75. The first-order valence-corrected chi connectivity index (χ1v) is 7.53. The van der Waals surface area contributed by atoms with Crippen LogP contribution in [0.3, 0.4) is 0 Å². The predicted molar refractivity (Wildman–Crippen MR) is 84.3 cm³/mol. The van der Waals surface area contributed by atoms with Gasteiger partial charge in [0.05, 0.1) is 16.8 Å². The van der Waals surface area contributed by atoms with Crippen LogP contribution in [0.1, 0.15) is 26.3 Å². The summed E-state index contributed by atoms with van der Waals surface area (Å²) >= 11 is 1.47. The van der Waals surface area contributed by atoms with Crippen LogP contribution in [-0.2, 0) is 0 Å². The molecule has 0 bridgehead atoms. The van der Waals surface area contributed by atoms with Crippen LogP contribution in [-0.4, -0.2) is 23.2 Å². The highest BCUT2D eigenvalue weighted by molar-refractivity contribution is 7.98. The highest BCUT2D eigenvalue weighted by atomic mass is 32.2. The number of carbonyl (C=O) groups is 2. The van der Waals surface area contributed by atoms with Crippen LogP contribution < -0.4 is 5.32 Å². The number of amides is 1. The van der Waals surface area contributed by atoms with E-state index < -0.39 is 5.97 Å². The molecule has 0 aromatic heterocycles. The quantitative estimate of drug-likeness (QED) is 0.846. The average Bonchev–Trinajstić information content (AvgIpc) is 2.48. The molecular weight excluding hydrogens is 286 g/mol. The van der Waals surface area contributed by atoms with E-state index in [0.717, 1.165) is 10.5 Å². The summed E-state index contributed by atoms with van der Waals surface area (Å²) in [6.45, 7) is 1.81. The smallest absolute Gasteiger partial charge is 0.337 e. The van der Waals surface area contributed by atoms with Gasteiger partial charge in [0.15, 0.2) is 0 Å². The Hall–Kier alpha value is -2.27. The first kappa shape index (κ1) is 15.1. The standard InChI is InChI=1S/C16H15NO3S/c1-10-7-8-13(12(9-10)16(19)20)17-15(18)11-5-3-4-6-14(11)21-2/h3-9H,1-2H3,(H,17,18)(H,19,20). The van der Waals surface area contributed by atoms with Crippen molar-refractivity contribution in [2.24, 2.45) is 0 Å². The molecule has 0 heterocycles. The van der Waals surface area contributed by atoms with Gasteiger partial charge in [-0.05, 0) is 37.4 Å². The summed E-state index contributed by atoms with van der Waals surface area (Å²) in [6, 6.07) is 12.1. The summed E-state index contributed by atoms with van der Waals surface area (Å²) in [7, 11) is 0. The lowest BCUT2D eigenvalue weighted by Crippen LogP contribution is -2.15. The van der Waals surface area contributed by atoms with Gasteiger partial charge in [0, 0.05) is 4.90 Å². The number of rotatable bonds is 4. The number of hydrogen-bond acceptors (Lipinski definition) is 3. The number of anilines is 1. The number of hydrogen-bond donors (Lipinski definition) is 2. The molecule has 2 N–H and O–H groups in total. The van der Waals surface area contributed by atoms with Gasteiger partial charge < -0.3 is 10.4 Å². The van der Waals surface area contributed by atoms with E-state index >= 15 is 0 Å². The first-order chi connectivity index (χ1) is 10.0. The molecule has 0 radical (unpaired) electrons. The van der Waals surface area contributed by atoms with Crippen LogP contribution in [0.4, 0.5) is 5.69 Å². The van der Waals surface area contributed by atoms with Gasteiger partial charge in [0.25, 0.3) is 5.91 Å². The van der Waals surface area contributed by atoms with Gasteiger partial charge in [-0.15, -0.1) is 11.8 Å². The van der Waals surface area contributed by atoms with E-state index in [1.165, 1.54) is 11.8 Å². The summed E-state index contributed by atoms with van der Waals surface area (Å²) in [6.07, 6.45) is 1.89. The van der Waals surface area contributed by atoms with Crippen LogP contribution in [0, 0.1) is 6.92 Å². The number of aryl methyl sites for hydroxylation is 1. The van der Waals surface area contributed by atoms with E-state index in [0.29, 0.717) is 11.3 Å². The van der Waals surface area contributed by atoms with Gasteiger partial charge in [-0.2, -0.15) is 0 Å². The van der Waals surface area contributed by atoms with Crippen molar-refractivity contribution in [1.82, 2.24) is 0 Å². The van der Waals surface area contributed by atoms with Crippen LogP contribution in [0.5, 0.6) is 0 Å². The van der Waals surface area contributed by atoms with Gasteiger partial charge >= 0.3 is 5.97 Å². The summed E-state index contributed by atoms with van der Waals surface area (Å²) in [5, 5.41) is 11.9. The van der Waals surface area contributed by atoms with Crippen molar-refractivity contribution >= 4 is 29.3 Å². The maximum atomic E-state index is 12.3. The van der Waals surface area contributed by atoms with Crippen molar-refractivity contribution in [3.63, 3.8) is 0 Å². The van der Waals surface area contributed by atoms with Crippen molar-refractivity contribution < 1.29 is 14.7 Å². The number of carboxylic acids is 1. The van der Waals surface area contributed by atoms with Gasteiger partial charge in [-0.1, -0.05) is 23.8 Å². The Kier molecular flexibility index (Phi) is 4.65. The van der Waals surface area contributed by atoms with Crippen molar-refractivity contribution in [2.75, 3.05) is 11.6 Å². The molecule has 0 saturated carbocycles. The summed E-state index contributed by atoms with van der Waals surface area (Å²) in [5.74, 6) is -1.38. The second-order valence-electron chi connectivity index (χ2n) is 4.51. The van der Waals surface area contributed by atoms with E-state index in [2.05, 4.69) is 5.32 Å². The Morgan fingerprint density at radius 3 is 2.48 bits per heavy atom. The molecule has 2 aromatic carbocycles. The van der Waals surface area contributed by atoms with E-state index in [4.69, 9.17) is 0 Å². The highest BCUT2D eigenvalue weighted by Crippen LogP contribution is 2.23. The molecule has 1 amide bonds. The molecule has 0 atom stereocenters. The minimum absolute atomic E-state index is 0.0879. The lowest BCUT2D eigenvalue weighted by molar-refractivity contribution is 0.0698. The average molecular weight is 301 g/mol. The predicted octanol–water partition coefficient (Wildman–Crippen LogP) is 3.67. The fraction of sp³-hybridized carbons (Fsp3) is 0.125. The minimum Gasteiger partial charge on any atom is -0.478 e. The highest BCUT2D eigenvalue weighted by Gasteiger charge is 2.15. The molecule has 0 spiro atoms. The third-order valence-corrected chi connectivity index (χ3v) is 3.80. The van der Waals surface area contributed by atoms with Gasteiger partial charge in [-0.3, -0.25) is 4.79 Å². The third kappa shape index (κ3) is 3.44. The molecule has 5 heteroatoms. The maximum absolute atomic E-state index is 12.3. The SMILES string of the molecule is CSc1ccccc1C(=O)Nc1ccc(C)cc1C(=O)O. The monoisotopic (exact) mass is 301 g/mol. The van der Waals surface area contributed by atoms with Gasteiger partial charge in [0.2, 0.25) is 0 Å². The van der Waals surface area contributed by atoms with Crippen LogP contribution in [0.25, 0.3) is 0 Å². The number of benzene rings is 2. The number of carboxylic acid groups (broad SMARTS) is 1. The fourth-order valence-corrected chi connectivity index (χ4v) is 2.56. The lowest BCUT2D eigenvalue weighted by atomic mass is 10.1. The topological polar surface area (TPSA) is 66.4 Å². The largest absolute Gasteiger partial charge is 0.478 e. The third-order valence-electron chi connectivity index (χ3n) is 3.01. The molecule has 0 aliphatic rings. The van der Waals surface area contributed by atoms with E-state index in [-0.39, 0.29) is 11.5 Å². The molecule has 0 saturated heterocycles. The zero-order valence-corrected chi connectivity index (χ0v) is 12.5. The summed E-state index contributed by atoms with van der Waals surface area (Å²) in [4.78, 5) is 24.4. The van der Waals surface area contributed by atoms with E-state index in [9.17, 15) is 14.7 Å². The molecule has 0 aliphatic carbocycles. The van der Waals surface area contributed by atoms with E-state index in [1.54, 1.807) is 37.3 Å². The second-order valence-corrected chi connectivity index (χ2v) is 5.36. The van der Waals surface area contributed by atoms with Crippen molar-refractivity contribution in [3.05, 3.63) is 59.2 Å². The molecule has 2 rings (SSSR count). The summed E-state index contributed by atoms with van der Waals surface area (Å²) < 4.78 is 0. The Balaban J connectivity index is 2.34. The molecule has 0 unspecified atom stereocenters. The lowest BCUT2D eigenvalue weighted by Gasteiger charge is -2.11. The Morgan fingerprint density at radius 1 is 1.10 bits per heavy atom. The molecule has 0 fully saturated rings. The van der Waals surface area contributed by atoms with E-state index in [1.807, 2.05) is 18.4 Å².